The molecule has 1 nitrogen and oxygen atoms in total. The van der Waals surface area contributed by atoms with Crippen LogP contribution in [0.5, 0.6) is 0 Å². The van der Waals surface area contributed by atoms with Gasteiger partial charge < -0.3 is 5.73 Å². The standard InChI is InChI=1S/C8H14ClN.ClH/c1-3-5-8(9,7-10)6-4-2;/h3-4H,1-2,5-7,10H2;1H. The molecular weight excluding hydrogens is 181 g/mol. The third-order valence-electron chi connectivity index (χ3n) is 1.39. The minimum Gasteiger partial charge on any atom is -0.329 e. The normalized spacial score (nSPS) is 10.0. The van der Waals surface area contributed by atoms with Gasteiger partial charge in [-0.1, -0.05) is 12.2 Å². The van der Waals surface area contributed by atoms with Gasteiger partial charge in [0.1, 0.15) is 0 Å². The summed E-state index contributed by atoms with van der Waals surface area (Å²) in [5.74, 6) is 0. The van der Waals surface area contributed by atoms with Crippen LogP contribution in [0.3, 0.4) is 0 Å². The molecule has 0 saturated heterocycles. The fourth-order valence-corrected chi connectivity index (χ4v) is 0.986. The molecule has 0 aromatic rings. The minimum absolute atomic E-state index is 0. The molecule has 3 heteroatoms. The van der Waals surface area contributed by atoms with E-state index < -0.39 is 0 Å². The lowest BCUT2D eigenvalue weighted by molar-refractivity contribution is 0.600. The molecule has 0 rings (SSSR count). The van der Waals surface area contributed by atoms with Crippen molar-refractivity contribution in [2.45, 2.75) is 17.7 Å². The molecule has 0 fully saturated rings. The maximum atomic E-state index is 6.06. The van der Waals surface area contributed by atoms with Crippen LogP contribution in [0.15, 0.2) is 25.3 Å². The number of rotatable bonds is 5. The minimum atomic E-state index is -0.344. The van der Waals surface area contributed by atoms with E-state index in [1.807, 2.05) is 0 Å². The van der Waals surface area contributed by atoms with Gasteiger partial charge in [0.05, 0.1) is 4.87 Å². The van der Waals surface area contributed by atoms with Crippen LogP contribution in [-0.2, 0) is 0 Å². The highest BCUT2D eigenvalue weighted by atomic mass is 35.5. The molecule has 66 valence electrons. The zero-order valence-electron chi connectivity index (χ0n) is 6.55. The zero-order valence-corrected chi connectivity index (χ0v) is 8.13. The summed E-state index contributed by atoms with van der Waals surface area (Å²) < 4.78 is 0. The van der Waals surface area contributed by atoms with E-state index in [2.05, 4.69) is 13.2 Å². The molecular formula is C8H15Cl2N. The van der Waals surface area contributed by atoms with Crippen LogP contribution >= 0.6 is 24.0 Å². The Hall–Kier alpha value is 0.0200. The van der Waals surface area contributed by atoms with Crippen LogP contribution in [0.25, 0.3) is 0 Å². The van der Waals surface area contributed by atoms with Crippen molar-refractivity contribution in [3.8, 4) is 0 Å². The van der Waals surface area contributed by atoms with Crippen LogP contribution in [0.2, 0.25) is 0 Å². The van der Waals surface area contributed by atoms with Crippen molar-refractivity contribution >= 4 is 24.0 Å². The fourth-order valence-electron chi connectivity index (χ4n) is 0.767. The fraction of sp³-hybridized carbons (Fsp3) is 0.500. The Kier molecular flexibility index (Phi) is 8.30. The monoisotopic (exact) mass is 195 g/mol. The van der Waals surface area contributed by atoms with Crippen molar-refractivity contribution in [1.29, 1.82) is 0 Å². The lowest BCUT2D eigenvalue weighted by atomic mass is 10.0. The second-order valence-corrected chi connectivity index (χ2v) is 3.14. The Morgan fingerprint density at radius 3 is 1.82 bits per heavy atom. The smallest absolute Gasteiger partial charge is 0.0636 e. The summed E-state index contributed by atoms with van der Waals surface area (Å²) >= 11 is 6.06. The predicted molar refractivity (Wildman–Crippen MR) is 54.5 cm³/mol. The first-order valence-electron chi connectivity index (χ1n) is 3.29. The van der Waals surface area contributed by atoms with Crippen LogP contribution in [0.1, 0.15) is 12.8 Å². The van der Waals surface area contributed by atoms with Gasteiger partial charge in [0.2, 0.25) is 0 Å². The molecule has 0 aliphatic carbocycles. The van der Waals surface area contributed by atoms with Gasteiger partial charge in [0, 0.05) is 6.54 Å². The summed E-state index contributed by atoms with van der Waals surface area (Å²) in [5.41, 5.74) is 5.45. The Bertz CT molecular complexity index is 113. The largest absolute Gasteiger partial charge is 0.329 e. The van der Waals surface area contributed by atoms with Crippen molar-refractivity contribution in [3.63, 3.8) is 0 Å². The molecule has 0 aromatic carbocycles. The molecule has 0 atom stereocenters. The molecule has 11 heavy (non-hydrogen) atoms. The quantitative estimate of drug-likeness (QED) is 0.530. The van der Waals surface area contributed by atoms with Crippen molar-refractivity contribution < 1.29 is 0 Å². The molecule has 0 aliphatic heterocycles. The first-order valence-corrected chi connectivity index (χ1v) is 3.67. The molecule has 0 aromatic heterocycles. The average molecular weight is 196 g/mol. The number of hydrogen-bond acceptors (Lipinski definition) is 1. The molecule has 0 saturated carbocycles. The molecule has 0 spiro atoms. The molecule has 0 amide bonds. The maximum absolute atomic E-state index is 6.06. The molecule has 0 unspecified atom stereocenters. The summed E-state index contributed by atoms with van der Waals surface area (Å²) in [6.45, 7) is 7.67. The Labute approximate surface area is 79.7 Å². The van der Waals surface area contributed by atoms with Gasteiger partial charge in [0.15, 0.2) is 0 Å². The van der Waals surface area contributed by atoms with E-state index >= 15 is 0 Å². The number of halogens is 2. The summed E-state index contributed by atoms with van der Waals surface area (Å²) in [5, 5.41) is 0. The maximum Gasteiger partial charge on any atom is 0.0636 e. The van der Waals surface area contributed by atoms with Gasteiger partial charge in [-0.2, -0.15) is 0 Å². The van der Waals surface area contributed by atoms with Crippen LogP contribution in [0.4, 0.5) is 0 Å². The molecule has 2 N–H and O–H groups in total. The predicted octanol–water partition coefficient (Wildman–Crippen LogP) is 2.50. The second kappa shape index (κ2) is 6.71. The van der Waals surface area contributed by atoms with E-state index in [1.54, 1.807) is 12.2 Å². The van der Waals surface area contributed by atoms with E-state index in [0.717, 1.165) is 12.8 Å². The Balaban J connectivity index is 0. The summed E-state index contributed by atoms with van der Waals surface area (Å²) in [7, 11) is 0. The van der Waals surface area contributed by atoms with Gasteiger partial charge in [-0.15, -0.1) is 37.2 Å². The van der Waals surface area contributed by atoms with Gasteiger partial charge >= 0.3 is 0 Å². The van der Waals surface area contributed by atoms with Crippen molar-refractivity contribution in [3.05, 3.63) is 25.3 Å². The lowest BCUT2D eigenvalue weighted by Crippen LogP contribution is -2.30. The molecule has 0 heterocycles. The van der Waals surface area contributed by atoms with Gasteiger partial charge in [-0.05, 0) is 12.8 Å². The van der Waals surface area contributed by atoms with E-state index in [0.29, 0.717) is 6.54 Å². The first-order chi connectivity index (χ1) is 4.68. The van der Waals surface area contributed by atoms with E-state index in [4.69, 9.17) is 17.3 Å². The van der Waals surface area contributed by atoms with Crippen molar-refractivity contribution in [1.82, 2.24) is 0 Å². The summed E-state index contributed by atoms with van der Waals surface area (Å²) in [6.07, 6.45) is 5.03. The Morgan fingerprint density at radius 1 is 1.27 bits per heavy atom. The zero-order chi connectivity index (χ0) is 8.04. The van der Waals surface area contributed by atoms with Crippen LogP contribution in [-0.4, -0.2) is 11.4 Å². The molecule has 0 radical (unpaired) electrons. The van der Waals surface area contributed by atoms with E-state index in [1.165, 1.54) is 0 Å². The third-order valence-corrected chi connectivity index (χ3v) is 1.85. The Morgan fingerprint density at radius 2 is 1.64 bits per heavy atom. The van der Waals surface area contributed by atoms with Crippen LogP contribution in [0, 0.1) is 0 Å². The number of nitrogens with two attached hydrogens (primary N) is 1. The van der Waals surface area contributed by atoms with Crippen molar-refractivity contribution in [2.75, 3.05) is 6.54 Å². The lowest BCUT2D eigenvalue weighted by Gasteiger charge is -2.21. The number of alkyl halides is 1. The summed E-state index contributed by atoms with van der Waals surface area (Å²) in [6, 6.07) is 0. The van der Waals surface area contributed by atoms with Gasteiger partial charge in [0.25, 0.3) is 0 Å². The SMILES string of the molecule is C=CCC(Cl)(CN)CC=C.Cl. The second-order valence-electron chi connectivity index (χ2n) is 2.34. The number of allylic oxidation sites excluding steroid dienone is 2. The third kappa shape index (κ3) is 5.31. The molecule has 0 aliphatic rings. The highest BCUT2D eigenvalue weighted by Crippen LogP contribution is 2.23. The number of hydrogen-bond donors (Lipinski definition) is 1. The topological polar surface area (TPSA) is 26.0 Å². The van der Waals surface area contributed by atoms with Gasteiger partial charge in [-0.3, -0.25) is 0 Å². The molecule has 0 bridgehead atoms. The first kappa shape index (κ1) is 13.6. The van der Waals surface area contributed by atoms with Crippen LogP contribution < -0.4 is 5.73 Å². The van der Waals surface area contributed by atoms with Crippen molar-refractivity contribution in [2.24, 2.45) is 5.73 Å². The summed E-state index contributed by atoms with van der Waals surface area (Å²) in [4.78, 5) is -0.344. The average Bonchev–Trinajstić information content (AvgIpc) is 1.89. The highest BCUT2D eigenvalue weighted by molar-refractivity contribution is 6.24. The van der Waals surface area contributed by atoms with E-state index in [9.17, 15) is 0 Å². The van der Waals surface area contributed by atoms with E-state index in [-0.39, 0.29) is 17.3 Å². The van der Waals surface area contributed by atoms with Gasteiger partial charge in [-0.25, -0.2) is 0 Å². The highest BCUT2D eigenvalue weighted by Gasteiger charge is 2.21.